The van der Waals surface area contributed by atoms with E-state index in [0.717, 1.165) is 15.9 Å². The number of rotatable bonds is 1. The number of hydrogen-bond acceptors (Lipinski definition) is 3. The summed E-state index contributed by atoms with van der Waals surface area (Å²) in [7, 11) is 0. The normalized spacial score (nSPS) is 9.30. The van der Waals surface area contributed by atoms with Gasteiger partial charge in [-0.05, 0) is 0 Å². The summed E-state index contributed by atoms with van der Waals surface area (Å²) in [5.74, 6) is 0.777. The summed E-state index contributed by atoms with van der Waals surface area (Å²) in [6.45, 7) is 3.68. The summed E-state index contributed by atoms with van der Waals surface area (Å²) in [6, 6.07) is 0. The fraction of sp³-hybridized carbons (Fsp3) is 0.333. The fourth-order valence-electron chi connectivity index (χ4n) is 0.666. The first-order valence-electron chi connectivity index (χ1n) is 2.74. The van der Waals surface area contributed by atoms with E-state index in [1.54, 1.807) is 0 Å². The molecule has 1 rings (SSSR count). The molecule has 1 heterocycles. The molecule has 52 valence electrons. The molecular weight excluding hydrogens is 195 g/mol. The second kappa shape index (κ2) is 2.87. The second-order valence-electron chi connectivity index (χ2n) is 1.85. The molecule has 0 saturated heterocycles. The monoisotopic (exact) mass is 202 g/mol. The van der Waals surface area contributed by atoms with E-state index in [1.165, 1.54) is 0 Å². The first kappa shape index (κ1) is 7.33. The van der Waals surface area contributed by atoms with E-state index in [-0.39, 0.29) is 15.0 Å². The van der Waals surface area contributed by atoms with Crippen LogP contribution in [0.15, 0.2) is 4.52 Å². The average Bonchev–Trinajstić information content (AvgIpc) is 2.20. The molecule has 0 amide bonds. The molecular formula is C6H6N2OSe. The van der Waals surface area contributed by atoms with Gasteiger partial charge in [0.1, 0.15) is 0 Å². The quantitative estimate of drug-likeness (QED) is 0.605. The second-order valence-corrected chi connectivity index (χ2v) is 3.51. The molecule has 0 unspecified atom stereocenters. The van der Waals surface area contributed by atoms with Crippen molar-refractivity contribution in [2.75, 3.05) is 0 Å². The summed E-state index contributed by atoms with van der Waals surface area (Å²) >= 11 is -0.131. The molecule has 0 radical (unpaired) electrons. The van der Waals surface area contributed by atoms with Crippen LogP contribution in [0.5, 0.6) is 0 Å². The van der Waals surface area contributed by atoms with Gasteiger partial charge in [-0.25, -0.2) is 0 Å². The van der Waals surface area contributed by atoms with Crippen LogP contribution in [0.2, 0.25) is 0 Å². The standard InChI is InChI=1S/C6H6N2OSe/c1-4-6(10-3-7)5(2)9-8-4/h1-2H3. The summed E-state index contributed by atoms with van der Waals surface area (Å²) in [4.78, 5) is 2.11. The van der Waals surface area contributed by atoms with Gasteiger partial charge >= 0.3 is 64.6 Å². The Labute approximate surface area is 65.2 Å². The number of hydrogen-bond donors (Lipinski definition) is 0. The van der Waals surface area contributed by atoms with Crippen molar-refractivity contribution in [1.82, 2.24) is 5.16 Å². The van der Waals surface area contributed by atoms with E-state index in [1.807, 2.05) is 13.8 Å². The van der Waals surface area contributed by atoms with Gasteiger partial charge in [-0.1, -0.05) is 0 Å². The van der Waals surface area contributed by atoms with Crippen LogP contribution < -0.4 is 4.46 Å². The van der Waals surface area contributed by atoms with E-state index >= 15 is 0 Å². The zero-order valence-corrected chi connectivity index (χ0v) is 7.42. The zero-order valence-electron chi connectivity index (χ0n) is 5.71. The van der Waals surface area contributed by atoms with Gasteiger partial charge in [0.15, 0.2) is 0 Å². The topological polar surface area (TPSA) is 49.8 Å². The molecule has 0 atom stereocenters. The molecule has 10 heavy (non-hydrogen) atoms. The van der Waals surface area contributed by atoms with Crippen molar-refractivity contribution >= 4 is 19.4 Å². The van der Waals surface area contributed by atoms with Gasteiger partial charge in [-0.2, -0.15) is 0 Å². The van der Waals surface area contributed by atoms with Gasteiger partial charge < -0.3 is 0 Å². The van der Waals surface area contributed by atoms with E-state index in [2.05, 4.69) is 10.1 Å². The van der Waals surface area contributed by atoms with Crippen LogP contribution >= 0.6 is 0 Å². The molecule has 0 saturated carbocycles. The molecule has 0 aliphatic carbocycles. The number of aryl methyl sites for hydroxylation is 2. The van der Waals surface area contributed by atoms with Crippen molar-refractivity contribution in [2.24, 2.45) is 0 Å². The van der Waals surface area contributed by atoms with Crippen LogP contribution in [0.3, 0.4) is 0 Å². The van der Waals surface area contributed by atoms with E-state index in [4.69, 9.17) is 9.78 Å². The van der Waals surface area contributed by atoms with Crippen LogP contribution in [0.4, 0.5) is 0 Å². The molecule has 0 spiro atoms. The Morgan fingerprint density at radius 3 is 2.70 bits per heavy atom. The van der Waals surface area contributed by atoms with Gasteiger partial charge in [0.05, 0.1) is 0 Å². The van der Waals surface area contributed by atoms with Crippen molar-refractivity contribution in [3.05, 3.63) is 11.5 Å². The molecule has 0 bridgehead atoms. The van der Waals surface area contributed by atoms with Gasteiger partial charge in [0, 0.05) is 0 Å². The Morgan fingerprint density at radius 2 is 2.30 bits per heavy atom. The summed E-state index contributed by atoms with van der Waals surface area (Å²) in [5, 5.41) is 12.1. The predicted molar refractivity (Wildman–Crippen MR) is 37.0 cm³/mol. The first-order chi connectivity index (χ1) is 4.75. The number of nitrogens with zero attached hydrogens (tertiary/aromatic N) is 2. The van der Waals surface area contributed by atoms with E-state index in [0.29, 0.717) is 0 Å². The van der Waals surface area contributed by atoms with Gasteiger partial charge in [-0.3, -0.25) is 0 Å². The van der Waals surface area contributed by atoms with Gasteiger partial charge in [0.2, 0.25) is 0 Å². The SMILES string of the molecule is Cc1noc(C)c1[Se]C#N. The maximum atomic E-state index is 8.40. The fourth-order valence-corrected chi connectivity index (χ4v) is 1.63. The molecule has 0 aromatic carbocycles. The Morgan fingerprint density at radius 1 is 1.60 bits per heavy atom. The van der Waals surface area contributed by atoms with Crippen LogP contribution in [0.1, 0.15) is 11.5 Å². The molecule has 0 N–H and O–H groups in total. The summed E-state index contributed by atoms with van der Waals surface area (Å²) < 4.78 is 5.84. The molecule has 0 aliphatic heterocycles. The molecule has 3 nitrogen and oxygen atoms in total. The van der Waals surface area contributed by atoms with Crippen LogP contribution in [0.25, 0.3) is 0 Å². The summed E-state index contributed by atoms with van der Waals surface area (Å²) in [5.41, 5.74) is 0.846. The molecule has 0 fully saturated rings. The maximum absolute atomic E-state index is 8.40. The molecule has 1 aromatic rings. The number of aromatic nitrogens is 1. The zero-order chi connectivity index (χ0) is 7.56. The average molecular weight is 201 g/mol. The van der Waals surface area contributed by atoms with Crippen molar-refractivity contribution in [3.8, 4) is 4.97 Å². The third kappa shape index (κ3) is 1.21. The van der Waals surface area contributed by atoms with Crippen LogP contribution in [-0.2, 0) is 0 Å². The first-order valence-corrected chi connectivity index (χ1v) is 4.46. The molecule has 1 aromatic heterocycles. The van der Waals surface area contributed by atoms with Crippen molar-refractivity contribution in [2.45, 2.75) is 13.8 Å². The minimum absolute atomic E-state index is 0.131. The van der Waals surface area contributed by atoms with E-state index < -0.39 is 0 Å². The third-order valence-electron chi connectivity index (χ3n) is 1.12. The molecule has 0 aliphatic rings. The van der Waals surface area contributed by atoms with Gasteiger partial charge in [0.25, 0.3) is 0 Å². The Kier molecular flexibility index (Phi) is 2.10. The molecule has 4 heteroatoms. The minimum atomic E-state index is -0.131. The van der Waals surface area contributed by atoms with Crippen molar-refractivity contribution in [1.29, 1.82) is 5.26 Å². The summed E-state index contributed by atoms with van der Waals surface area (Å²) in [6.07, 6.45) is 0. The Balaban J connectivity index is 3.01. The number of nitriles is 1. The predicted octanol–water partition coefficient (Wildman–Crippen LogP) is 0.102. The van der Waals surface area contributed by atoms with Crippen LogP contribution in [0, 0.1) is 24.1 Å². The van der Waals surface area contributed by atoms with Gasteiger partial charge in [-0.15, -0.1) is 0 Å². The Hall–Kier alpha value is -0.781. The van der Waals surface area contributed by atoms with Crippen molar-refractivity contribution in [3.63, 3.8) is 0 Å². The van der Waals surface area contributed by atoms with Crippen molar-refractivity contribution < 1.29 is 4.52 Å². The van der Waals surface area contributed by atoms with Crippen LogP contribution in [-0.4, -0.2) is 20.1 Å². The Bertz CT molecular complexity index is 254. The van der Waals surface area contributed by atoms with E-state index in [9.17, 15) is 0 Å². The third-order valence-corrected chi connectivity index (χ3v) is 2.96.